The van der Waals surface area contributed by atoms with Gasteiger partial charge in [0.05, 0.1) is 6.04 Å². The van der Waals surface area contributed by atoms with Crippen LogP contribution in [0.15, 0.2) is 24.5 Å². The molecule has 118 valence electrons. The first kappa shape index (κ1) is 14.8. The summed E-state index contributed by atoms with van der Waals surface area (Å²) in [5, 5.41) is 2.90. The first-order valence-corrected chi connectivity index (χ1v) is 7.90. The van der Waals surface area contributed by atoms with Gasteiger partial charge >= 0.3 is 6.03 Å². The van der Waals surface area contributed by atoms with E-state index >= 15 is 0 Å². The van der Waals surface area contributed by atoms with Crippen molar-refractivity contribution in [3.05, 3.63) is 24.5 Å². The number of nitrogens with zero attached hydrogens (tertiary/aromatic N) is 3. The van der Waals surface area contributed by atoms with Gasteiger partial charge in [-0.05, 0) is 37.8 Å². The predicted molar refractivity (Wildman–Crippen MR) is 83.4 cm³/mol. The van der Waals surface area contributed by atoms with E-state index in [4.69, 9.17) is 0 Å². The Hall–Kier alpha value is -2.11. The zero-order valence-corrected chi connectivity index (χ0v) is 12.9. The molecule has 1 saturated heterocycles. The molecule has 0 aromatic carbocycles. The molecular weight excluding hydrogens is 280 g/mol. The van der Waals surface area contributed by atoms with Crippen LogP contribution < -0.4 is 5.32 Å². The number of nitrogens with one attached hydrogen (secondary N) is 1. The van der Waals surface area contributed by atoms with Crippen LogP contribution >= 0.6 is 0 Å². The summed E-state index contributed by atoms with van der Waals surface area (Å²) in [4.78, 5) is 32.0. The van der Waals surface area contributed by atoms with Crippen molar-refractivity contribution >= 4 is 17.6 Å². The van der Waals surface area contributed by atoms with Gasteiger partial charge in [-0.3, -0.25) is 9.78 Å². The second kappa shape index (κ2) is 6.34. The van der Waals surface area contributed by atoms with Crippen LogP contribution in [-0.2, 0) is 4.79 Å². The highest BCUT2D eigenvalue weighted by molar-refractivity contribution is 5.89. The van der Waals surface area contributed by atoms with Gasteiger partial charge in [-0.1, -0.05) is 0 Å². The first-order valence-electron chi connectivity index (χ1n) is 7.90. The number of pyridine rings is 1. The van der Waals surface area contributed by atoms with Gasteiger partial charge in [0.2, 0.25) is 5.91 Å². The van der Waals surface area contributed by atoms with Crippen molar-refractivity contribution in [2.75, 3.05) is 18.4 Å². The summed E-state index contributed by atoms with van der Waals surface area (Å²) in [6, 6.07) is 3.96. The standard InChI is InChI=1S/C16H22N4O2/c1-12(21)20(14-4-5-14)11-15-3-2-10-19(15)16(22)18-13-6-8-17-9-7-13/h6-9,14-15H,2-5,10-11H2,1H3,(H,17,18,22)/t15-/m0/s1. The van der Waals surface area contributed by atoms with Crippen molar-refractivity contribution in [1.82, 2.24) is 14.8 Å². The average molecular weight is 302 g/mol. The van der Waals surface area contributed by atoms with Crippen LogP contribution in [0.5, 0.6) is 0 Å². The molecule has 3 rings (SSSR count). The Bertz CT molecular complexity index is 544. The lowest BCUT2D eigenvalue weighted by atomic mass is 10.2. The Labute approximate surface area is 130 Å². The van der Waals surface area contributed by atoms with E-state index in [9.17, 15) is 9.59 Å². The fourth-order valence-corrected chi connectivity index (χ4v) is 3.07. The van der Waals surface area contributed by atoms with Crippen LogP contribution in [0.25, 0.3) is 0 Å². The average Bonchev–Trinajstić information content (AvgIpc) is 3.23. The molecule has 1 aromatic rings. The molecule has 0 bridgehead atoms. The highest BCUT2D eigenvalue weighted by Gasteiger charge is 2.36. The highest BCUT2D eigenvalue weighted by Crippen LogP contribution is 2.29. The van der Waals surface area contributed by atoms with E-state index in [1.54, 1.807) is 31.5 Å². The maximum Gasteiger partial charge on any atom is 0.322 e. The van der Waals surface area contributed by atoms with Crippen molar-refractivity contribution in [1.29, 1.82) is 0 Å². The summed E-state index contributed by atoms with van der Waals surface area (Å²) in [6.07, 6.45) is 7.44. The fourth-order valence-electron chi connectivity index (χ4n) is 3.07. The molecule has 0 unspecified atom stereocenters. The topological polar surface area (TPSA) is 65.5 Å². The van der Waals surface area contributed by atoms with Crippen LogP contribution in [-0.4, -0.2) is 51.9 Å². The van der Waals surface area contributed by atoms with Gasteiger partial charge in [0.25, 0.3) is 0 Å². The number of carbonyl (C=O) groups is 2. The summed E-state index contributed by atoms with van der Waals surface area (Å²) in [5.74, 6) is 0.115. The predicted octanol–water partition coefficient (Wildman–Crippen LogP) is 2.09. The Balaban J connectivity index is 1.62. The van der Waals surface area contributed by atoms with Crippen molar-refractivity contribution in [2.45, 2.75) is 44.7 Å². The lowest BCUT2D eigenvalue weighted by Gasteiger charge is -2.30. The Morgan fingerprint density at radius 2 is 2.05 bits per heavy atom. The van der Waals surface area contributed by atoms with Crippen LogP contribution in [0.1, 0.15) is 32.6 Å². The summed E-state index contributed by atoms with van der Waals surface area (Å²) < 4.78 is 0. The molecule has 1 aromatic heterocycles. The number of amides is 3. The number of rotatable bonds is 4. The van der Waals surface area contributed by atoms with E-state index in [0.717, 1.165) is 37.9 Å². The van der Waals surface area contributed by atoms with Gasteiger partial charge in [-0.2, -0.15) is 0 Å². The van der Waals surface area contributed by atoms with Crippen molar-refractivity contribution in [2.24, 2.45) is 0 Å². The Morgan fingerprint density at radius 1 is 1.32 bits per heavy atom. The summed E-state index contributed by atoms with van der Waals surface area (Å²) in [5.41, 5.74) is 0.747. The lowest BCUT2D eigenvalue weighted by molar-refractivity contribution is -0.130. The summed E-state index contributed by atoms with van der Waals surface area (Å²) in [6.45, 7) is 3.02. The van der Waals surface area contributed by atoms with Crippen molar-refractivity contribution in [3.8, 4) is 0 Å². The molecule has 0 spiro atoms. The number of likely N-dealkylation sites (tertiary alicyclic amines) is 1. The largest absolute Gasteiger partial charge is 0.338 e. The minimum Gasteiger partial charge on any atom is -0.338 e. The number of carbonyl (C=O) groups excluding carboxylic acids is 2. The van der Waals surface area contributed by atoms with E-state index in [0.29, 0.717) is 12.6 Å². The quantitative estimate of drug-likeness (QED) is 0.926. The van der Waals surface area contributed by atoms with Crippen LogP contribution in [0, 0.1) is 0 Å². The summed E-state index contributed by atoms with van der Waals surface area (Å²) >= 11 is 0. The number of anilines is 1. The van der Waals surface area contributed by atoms with Gasteiger partial charge in [0.15, 0.2) is 0 Å². The number of hydrogen-bond acceptors (Lipinski definition) is 3. The van der Waals surface area contributed by atoms with Crippen molar-refractivity contribution < 1.29 is 9.59 Å². The SMILES string of the molecule is CC(=O)N(C[C@@H]1CCCN1C(=O)Nc1ccncc1)C1CC1. The summed E-state index contributed by atoms with van der Waals surface area (Å²) in [7, 11) is 0. The molecule has 0 radical (unpaired) electrons. The fraction of sp³-hybridized carbons (Fsp3) is 0.562. The molecular formula is C16H22N4O2. The second-order valence-electron chi connectivity index (χ2n) is 6.06. The maximum absolute atomic E-state index is 12.5. The Kier molecular flexibility index (Phi) is 4.27. The molecule has 2 heterocycles. The monoisotopic (exact) mass is 302 g/mol. The van der Waals surface area contributed by atoms with Gasteiger partial charge in [0, 0.05) is 44.1 Å². The number of urea groups is 1. The number of aromatic nitrogens is 1. The zero-order chi connectivity index (χ0) is 15.5. The van der Waals surface area contributed by atoms with Gasteiger partial charge in [-0.25, -0.2) is 4.79 Å². The molecule has 2 aliphatic rings. The third kappa shape index (κ3) is 3.37. The highest BCUT2D eigenvalue weighted by atomic mass is 16.2. The molecule has 6 nitrogen and oxygen atoms in total. The van der Waals surface area contributed by atoms with E-state index in [1.165, 1.54) is 0 Å². The molecule has 1 N–H and O–H groups in total. The molecule has 1 aliphatic heterocycles. The maximum atomic E-state index is 12.5. The molecule has 6 heteroatoms. The molecule has 2 fully saturated rings. The molecule has 22 heavy (non-hydrogen) atoms. The smallest absolute Gasteiger partial charge is 0.322 e. The van der Waals surface area contributed by atoms with Gasteiger partial charge in [0.1, 0.15) is 0 Å². The molecule has 1 atom stereocenters. The third-order valence-corrected chi connectivity index (χ3v) is 4.37. The third-order valence-electron chi connectivity index (χ3n) is 4.37. The second-order valence-corrected chi connectivity index (χ2v) is 6.06. The van der Waals surface area contributed by atoms with E-state index in [-0.39, 0.29) is 18.0 Å². The van der Waals surface area contributed by atoms with Crippen LogP contribution in [0.3, 0.4) is 0 Å². The van der Waals surface area contributed by atoms with E-state index in [1.807, 2.05) is 9.80 Å². The van der Waals surface area contributed by atoms with Gasteiger partial charge in [-0.15, -0.1) is 0 Å². The minimum atomic E-state index is -0.0898. The lowest BCUT2D eigenvalue weighted by Crippen LogP contribution is -2.46. The van der Waals surface area contributed by atoms with E-state index in [2.05, 4.69) is 10.3 Å². The normalized spacial score (nSPS) is 20.8. The van der Waals surface area contributed by atoms with Gasteiger partial charge < -0.3 is 15.1 Å². The zero-order valence-electron chi connectivity index (χ0n) is 12.9. The van der Waals surface area contributed by atoms with E-state index < -0.39 is 0 Å². The molecule has 1 aliphatic carbocycles. The first-order chi connectivity index (χ1) is 10.6. The Morgan fingerprint density at radius 3 is 2.68 bits per heavy atom. The molecule has 3 amide bonds. The molecule has 1 saturated carbocycles. The van der Waals surface area contributed by atoms with Crippen LogP contribution in [0.2, 0.25) is 0 Å². The number of hydrogen-bond donors (Lipinski definition) is 1. The van der Waals surface area contributed by atoms with Crippen molar-refractivity contribution in [3.63, 3.8) is 0 Å². The minimum absolute atomic E-state index is 0.0898. The van der Waals surface area contributed by atoms with Crippen LogP contribution in [0.4, 0.5) is 10.5 Å².